The van der Waals surface area contributed by atoms with Gasteiger partial charge in [-0.25, -0.2) is 4.99 Å². The zero-order valence-corrected chi connectivity index (χ0v) is 17.7. The molecule has 4 nitrogen and oxygen atoms in total. The maximum atomic E-state index is 6.17. The lowest BCUT2D eigenvalue weighted by molar-refractivity contribution is 0.0191. The summed E-state index contributed by atoms with van der Waals surface area (Å²) in [5, 5.41) is 0. The molecule has 2 aromatic carbocycles. The number of hydrogen-bond acceptors (Lipinski definition) is 3. The lowest BCUT2D eigenvalue weighted by Crippen LogP contribution is -2.19. The van der Waals surface area contributed by atoms with Gasteiger partial charge in [-0.2, -0.15) is 0 Å². The van der Waals surface area contributed by atoms with Crippen LogP contribution in [0.1, 0.15) is 43.9 Å². The van der Waals surface area contributed by atoms with Crippen molar-refractivity contribution in [3.63, 3.8) is 0 Å². The Morgan fingerprint density at radius 1 is 1.11 bits per heavy atom. The number of aliphatic imine (C=N–C) groups is 1. The molecule has 27 heavy (non-hydrogen) atoms. The molecule has 0 aliphatic heterocycles. The van der Waals surface area contributed by atoms with Crippen molar-refractivity contribution >= 4 is 12.0 Å². The maximum absolute atomic E-state index is 6.17. The molecule has 2 aromatic rings. The Kier molecular flexibility index (Phi) is 7.03. The van der Waals surface area contributed by atoms with Crippen LogP contribution in [0.2, 0.25) is 0 Å². The van der Waals surface area contributed by atoms with Gasteiger partial charge in [-0.3, -0.25) is 0 Å². The molecule has 0 amide bonds. The fourth-order valence-corrected chi connectivity index (χ4v) is 2.77. The molecule has 0 saturated heterocycles. The molecule has 4 heteroatoms. The maximum Gasteiger partial charge on any atom is 0.130 e. The molecule has 0 atom stereocenters. The van der Waals surface area contributed by atoms with Crippen molar-refractivity contribution in [1.29, 1.82) is 0 Å². The van der Waals surface area contributed by atoms with E-state index >= 15 is 0 Å². The van der Waals surface area contributed by atoms with Crippen LogP contribution in [0.15, 0.2) is 41.4 Å². The van der Waals surface area contributed by atoms with Gasteiger partial charge < -0.3 is 14.4 Å². The molecular formula is C23H32N2O2. The molecule has 0 unspecified atom stereocenters. The average molecular weight is 369 g/mol. The predicted molar refractivity (Wildman–Crippen MR) is 114 cm³/mol. The largest absolute Gasteiger partial charge is 0.457 e. The first-order valence-electron chi connectivity index (χ1n) is 9.46. The number of ether oxygens (including phenoxy) is 2. The smallest absolute Gasteiger partial charge is 0.130 e. The van der Waals surface area contributed by atoms with E-state index in [1.165, 1.54) is 0 Å². The summed E-state index contributed by atoms with van der Waals surface area (Å²) in [6.45, 7) is 11.4. The van der Waals surface area contributed by atoms with Crippen LogP contribution < -0.4 is 4.74 Å². The highest BCUT2D eigenvalue weighted by atomic mass is 16.5. The van der Waals surface area contributed by atoms with Gasteiger partial charge in [0, 0.05) is 20.7 Å². The number of hydrogen-bond donors (Lipinski definition) is 0. The van der Waals surface area contributed by atoms with Gasteiger partial charge in [0.1, 0.15) is 11.5 Å². The molecule has 0 aromatic heterocycles. The molecule has 0 saturated carbocycles. The van der Waals surface area contributed by atoms with Gasteiger partial charge in [0.15, 0.2) is 0 Å². The summed E-state index contributed by atoms with van der Waals surface area (Å²) in [5.41, 5.74) is 3.84. The highest BCUT2D eigenvalue weighted by molar-refractivity contribution is 5.64. The monoisotopic (exact) mass is 368 g/mol. The third-order valence-corrected chi connectivity index (χ3v) is 4.73. The Balaban J connectivity index is 2.23. The van der Waals surface area contributed by atoms with Gasteiger partial charge in [-0.15, -0.1) is 0 Å². The summed E-state index contributed by atoms with van der Waals surface area (Å²) in [7, 11) is 3.76. The van der Waals surface area contributed by atoms with Crippen molar-refractivity contribution in [3.05, 3.63) is 53.1 Å². The van der Waals surface area contributed by atoms with Crippen LogP contribution in [-0.2, 0) is 10.3 Å². The highest BCUT2D eigenvalue weighted by Gasteiger charge is 2.20. The van der Waals surface area contributed by atoms with Gasteiger partial charge in [-0.05, 0) is 75.1 Å². The van der Waals surface area contributed by atoms with E-state index in [4.69, 9.17) is 9.47 Å². The van der Waals surface area contributed by atoms with Gasteiger partial charge in [0.2, 0.25) is 0 Å². The second-order valence-electron chi connectivity index (χ2n) is 7.47. The first-order chi connectivity index (χ1) is 12.8. The van der Waals surface area contributed by atoms with Gasteiger partial charge in [-0.1, -0.05) is 19.1 Å². The highest BCUT2D eigenvalue weighted by Crippen LogP contribution is 2.33. The third-order valence-electron chi connectivity index (χ3n) is 4.73. The Bertz CT molecular complexity index is 797. The second-order valence-corrected chi connectivity index (χ2v) is 7.47. The molecule has 0 fully saturated rings. The summed E-state index contributed by atoms with van der Waals surface area (Å²) in [4.78, 5) is 6.72. The van der Waals surface area contributed by atoms with Crippen LogP contribution in [0.25, 0.3) is 0 Å². The van der Waals surface area contributed by atoms with Crippen molar-refractivity contribution < 1.29 is 9.47 Å². The van der Waals surface area contributed by atoms with E-state index in [1.807, 2.05) is 52.4 Å². The Morgan fingerprint density at radius 3 is 2.52 bits per heavy atom. The summed E-state index contributed by atoms with van der Waals surface area (Å²) in [6, 6.07) is 12.2. The number of aryl methyl sites for hydroxylation is 2. The molecule has 0 aliphatic carbocycles. The van der Waals surface area contributed by atoms with Crippen molar-refractivity contribution in [1.82, 2.24) is 4.90 Å². The van der Waals surface area contributed by atoms with Crippen LogP contribution in [0.5, 0.6) is 11.5 Å². The predicted octanol–water partition coefficient (Wildman–Crippen LogP) is 5.98. The number of nitrogens with zero attached hydrogens (tertiary/aromatic N) is 2. The summed E-state index contributed by atoms with van der Waals surface area (Å²) in [6.07, 6.45) is 2.99. The fourth-order valence-electron chi connectivity index (χ4n) is 2.77. The quantitative estimate of drug-likeness (QED) is 0.425. The number of rotatable bonds is 8. The van der Waals surface area contributed by atoms with E-state index in [2.05, 4.69) is 41.9 Å². The minimum Gasteiger partial charge on any atom is -0.457 e. The molecule has 146 valence electrons. The van der Waals surface area contributed by atoms with Crippen LogP contribution in [0, 0.1) is 13.8 Å². The van der Waals surface area contributed by atoms with E-state index < -0.39 is 0 Å². The third kappa shape index (κ3) is 5.57. The normalized spacial score (nSPS) is 11.8. The summed E-state index contributed by atoms with van der Waals surface area (Å²) < 4.78 is 11.7. The first kappa shape index (κ1) is 21.0. The zero-order chi connectivity index (χ0) is 20.0. The molecule has 0 radical (unpaired) electrons. The fraction of sp³-hybridized carbons (Fsp3) is 0.435. The lowest BCUT2D eigenvalue weighted by atomic mass is 9.98. The van der Waals surface area contributed by atoms with Gasteiger partial charge >= 0.3 is 0 Å². The van der Waals surface area contributed by atoms with Crippen LogP contribution in [-0.4, -0.2) is 31.9 Å². The topological polar surface area (TPSA) is 34.1 Å². The molecular weight excluding hydrogens is 336 g/mol. The average Bonchev–Trinajstić information content (AvgIpc) is 2.64. The van der Waals surface area contributed by atoms with Crippen molar-refractivity contribution in [2.45, 2.75) is 46.6 Å². The van der Waals surface area contributed by atoms with E-state index in [0.717, 1.165) is 46.8 Å². The Morgan fingerprint density at radius 2 is 1.85 bits per heavy atom. The van der Waals surface area contributed by atoms with E-state index in [-0.39, 0.29) is 5.60 Å². The van der Waals surface area contributed by atoms with E-state index in [1.54, 1.807) is 7.11 Å². The van der Waals surface area contributed by atoms with E-state index in [0.29, 0.717) is 0 Å². The SMILES string of the molecule is CCCN(C)/C=N\c1cc(C)c(Oc2cccc(C(C)(C)OC)c2)cc1C. The second kappa shape index (κ2) is 9.05. The number of benzene rings is 2. The molecule has 0 heterocycles. The zero-order valence-electron chi connectivity index (χ0n) is 17.7. The van der Waals surface area contributed by atoms with E-state index in [9.17, 15) is 0 Å². The molecule has 2 rings (SSSR count). The lowest BCUT2D eigenvalue weighted by Gasteiger charge is -2.24. The first-order valence-corrected chi connectivity index (χ1v) is 9.46. The minimum absolute atomic E-state index is 0.354. The van der Waals surface area contributed by atoms with Gasteiger partial charge in [0.05, 0.1) is 17.6 Å². The molecule has 0 bridgehead atoms. The molecule has 0 aliphatic rings. The summed E-state index contributed by atoms with van der Waals surface area (Å²) >= 11 is 0. The van der Waals surface area contributed by atoms with Crippen molar-refractivity contribution in [2.75, 3.05) is 20.7 Å². The van der Waals surface area contributed by atoms with Crippen molar-refractivity contribution in [2.24, 2.45) is 4.99 Å². The van der Waals surface area contributed by atoms with Crippen LogP contribution in [0.4, 0.5) is 5.69 Å². The van der Waals surface area contributed by atoms with Crippen molar-refractivity contribution in [3.8, 4) is 11.5 Å². The van der Waals surface area contributed by atoms with Crippen LogP contribution in [0.3, 0.4) is 0 Å². The Hall–Kier alpha value is -2.33. The Labute approximate surface area is 163 Å². The minimum atomic E-state index is -0.354. The standard InChI is InChI=1S/C23H32N2O2/c1-8-12-25(6)16-24-21-13-18(3)22(14-17(21)2)27-20-11-9-10-19(15-20)23(4,5)26-7/h9-11,13-16H,8,12H2,1-7H3/b24-16-. The number of methoxy groups -OCH3 is 1. The summed E-state index contributed by atoms with van der Waals surface area (Å²) in [5.74, 6) is 1.65. The molecule has 0 N–H and O–H groups in total. The molecule has 0 spiro atoms. The van der Waals surface area contributed by atoms with Gasteiger partial charge in [0.25, 0.3) is 0 Å². The van der Waals surface area contributed by atoms with Crippen LogP contribution >= 0.6 is 0 Å².